The second-order valence-corrected chi connectivity index (χ2v) is 3.01. The van der Waals surface area contributed by atoms with Crippen LogP contribution in [-0.2, 0) is 9.53 Å². The molecule has 1 rings (SSSR count). The van der Waals surface area contributed by atoms with Gasteiger partial charge in [0.05, 0.1) is 6.61 Å². The Balaban J connectivity index is 2.76. The third kappa shape index (κ3) is 2.45. The maximum absolute atomic E-state index is 11.4. The van der Waals surface area contributed by atoms with Crippen LogP contribution < -0.4 is 0 Å². The van der Waals surface area contributed by atoms with Gasteiger partial charge in [-0.25, -0.2) is 14.5 Å². The summed E-state index contributed by atoms with van der Waals surface area (Å²) >= 11 is 5.55. The fourth-order valence-corrected chi connectivity index (χ4v) is 1.23. The van der Waals surface area contributed by atoms with Gasteiger partial charge in [0.2, 0.25) is 5.28 Å². The molecule has 0 unspecified atom stereocenters. The van der Waals surface area contributed by atoms with Crippen LogP contribution in [0.5, 0.6) is 0 Å². The van der Waals surface area contributed by atoms with E-state index in [0.29, 0.717) is 13.0 Å². The Kier molecular flexibility index (Phi) is 3.88. The largest absolute Gasteiger partial charge is 0.464 e. The minimum absolute atomic E-state index is 0.132. The van der Waals surface area contributed by atoms with Crippen LogP contribution in [0.1, 0.15) is 26.3 Å². The highest BCUT2D eigenvalue weighted by Crippen LogP contribution is 2.12. The third-order valence-electron chi connectivity index (χ3n) is 1.75. The van der Waals surface area contributed by atoms with Gasteiger partial charge in [-0.05, 0) is 24.9 Å². The van der Waals surface area contributed by atoms with Crippen LogP contribution in [0.15, 0.2) is 6.33 Å². The van der Waals surface area contributed by atoms with Crippen molar-refractivity contribution < 1.29 is 9.53 Å². The van der Waals surface area contributed by atoms with Gasteiger partial charge in [0.25, 0.3) is 0 Å². The highest BCUT2D eigenvalue weighted by molar-refractivity contribution is 6.28. The predicted octanol–water partition coefficient (Wildman–Crippen LogP) is 1.45. The molecule has 6 heteroatoms. The average Bonchev–Trinajstić information content (AvgIpc) is 2.54. The molecule has 0 radical (unpaired) electrons. The Morgan fingerprint density at radius 2 is 2.43 bits per heavy atom. The molecule has 1 heterocycles. The van der Waals surface area contributed by atoms with Gasteiger partial charge >= 0.3 is 5.97 Å². The number of esters is 1. The fourth-order valence-electron chi connectivity index (χ4n) is 1.10. The summed E-state index contributed by atoms with van der Waals surface area (Å²) in [7, 11) is 0. The fraction of sp³-hybridized carbons (Fsp3) is 0.625. The molecular formula is C8H12ClN3O2. The van der Waals surface area contributed by atoms with Gasteiger partial charge < -0.3 is 4.74 Å². The zero-order valence-corrected chi connectivity index (χ0v) is 8.86. The van der Waals surface area contributed by atoms with Gasteiger partial charge in [0.15, 0.2) is 6.04 Å². The van der Waals surface area contributed by atoms with Gasteiger partial charge in [-0.3, -0.25) is 0 Å². The lowest BCUT2D eigenvalue weighted by atomic mass is 10.2. The van der Waals surface area contributed by atoms with E-state index < -0.39 is 6.04 Å². The monoisotopic (exact) mass is 217 g/mol. The SMILES string of the molecule is CCOC(=O)[C@@H](CC)n1cnc(Cl)n1. The Hall–Kier alpha value is -1.10. The lowest BCUT2D eigenvalue weighted by Crippen LogP contribution is -2.21. The summed E-state index contributed by atoms with van der Waals surface area (Å²) in [5.74, 6) is -0.309. The number of ether oxygens (including phenoxy) is 1. The van der Waals surface area contributed by atoms with Crippen LogP contribution in [0, 0.1) is 0 Å². The van der Waals surface area contributed by atoms with E-state index in [-0.39, 0.29) is 11.3 Å². The minimum atomic E-state index is -0.435. The van der Waals surface area contributed by atoms with Crippen LogP contribution >= 0.6 is 11.6 Å². The normalized spacial score (nSPS) is 12.5. The molecule has 1 atom stereocenters. The molecule has 0 saturated carbocycles. The number of carbonyl (C=O) groups excluding carboxylic acids is 1. The van der Waals surface area contributed by atoms with Crippen LogP contribution in [0.2, 0.25) is 5.28 Å². The van der Waals surface area contributed by atoms with E-state index in [1.54, 1.807) is 6.92 Å². The molecule has 1 aromatic rings. The summed E-state index contributed by atoms with van der Waals surface area (Å²) in [6.45, 7) is 3.99. The standard InChI is InChI=1S/C8H12ClN3O2/c1-3-6(7(13)14-4-2)12-5-10-8(9)11-12/h5-6H,3-4H2,1-2H3/t6-/m1/s1. The number of aromatic nitrogens is 3. The molecule has 0 aliphatic heterocycles. The van der Waals surface area contributed by atoms with E-state index in [0.717, 1.165) is 0 Å². The Morgan fingerprint density at radius 1 is 1.71 bits per heavy atom. The van der Waals surface area contributed by atoms with E-state index in [2.05, 4.69) is 10.1 Å². The number of hydrogen-bond acceptors (Lipinski definition) is 4. The lowest BCUT2D eigenvalue weighted by molar-refractivity contribution is -0.147. The first-order chi connectivity index (χ1) is 6.69. The highest BCUT2D eigenvalue weighted by atomic mass is 35.5. The molecule has 0 amide bonds. The molecule has 0 N–H and O–H groups in total. The number of rotatable bonds is 4. The second kappa shape index (κ2) is 4.95. The molecule has 0 spiro atoms. The van der Waals surface area contributed by atoms with Crippen molar-refractivity contribution in [1.82, 2.24) is 14.8 Å². The zero-order chi connectivity index (χ0) is 10.6. The van der Waals surface area contributed by atoms with Crippen LogP contribution in [-0.4, -0.2) is 27.3 Å². The van der Waals surface area contributed by atoms with E-state index in [1.807, 2.05) is 6.92 Å². The molecule has 78 valence electrons. The van der Waals surface area contributed by atoms with Crippen LogP contribution in [0.3, 0.4) is 0 Å². The summed E-state index contributed by atoms with van der Waals surface area (Å²) < 4.78 is 6.30. The molecule has 14 heavy (non-hydrogen) atoms. The average molecular weight is 218 g/mol. The summed E-state index contributed by atoms with van der Waals surface area (Å²) in [5, 5.41) is 3.99. The molecule has 0 aliphatic rings. The first-order valence-corrected chi connectivity index (χ1v) is 4.80. The third-order valence-corrected chi connectivity index (χ3v) is 1.92. The summed E-state index contributed by atoms with van der Waals surface area (Å²) in [5.41, 5.74) is 0. The van der Waals surface area contributed by atoms with Gasteiger partial charge in [0.1, 0.15) is 6.33 Å². The summed E-state index contributed by atoms with van der Waals surface area (Å²) in [6.07, 6.45) is 2.02. The van der Waals surface area contributed by atoms with Gasteiger partial charge in [-0.15, -0.1) is 5.10 Å². The van der Waals surface area contributed by atoms with E-state index in [1.165, 1.54) is 11.0 Å². The van der Waals surface area contributed by atoms with Crippen molar-refractivity contribution in [1.29, 1.82) is 0 Å². The smallest absolute Gasteiger partial charge is 0.330 e. The molecule has 5 nitrogen and oxygen atoms in total. The Morgan fingerprint density at radius 3 is 2.86 bits per heavy atom. The topological polar surface area (TPSA) is 57.0 Å². The van der Waals surface area contributed by atoms with E-state index >= 15 is 0 Å². The number of carbonyl (C=O) groups is 1. The van der Waals surface area contributed by atoms with Gasteiger partial charge in [-0.1, -0.05) is 6.92 Å². The molecule has 0 fully saturated rings. The van der Waals surface area contributed by atoms with Crippen molar-refractivity contribution in [2.75, 3.05) is 6.61 Å². The quantitative estimate of drug-likeness (QED) is 0.717. The molecule has 1 aromatic heterocycles. The number of hydrogen-bond donors (Lipinski definition) is 0. The van der Waals surface area contributed by atoms with Crippen LogP contribution in [0.4, 0.5) is 0 Å². The Bertz CT molecular complexity index is 313. The molecule has 0 saturated heterocycles. The second-order valence-electron chi connectivity index (χ2n) is 2.67. The zero-order valence-electron chi connectivity index (χ0n) is 8.11. The predicted molar refractivity (Wildman–Crippen MR) is 51.0 cm³/mol. The summed E-state index contributed by atoms with van der Waals surface area (Å²) in [6, 6.07) is -0.435. The van der Waals surface area contributed by atoms with Crippen molar-refractivity contribution in [2.24, 2.45) is 0 Å². The Labute approximate surface area is 87.0 Å². The minimum Gasteiger partial charge on any atom is -0.464 e. The molecule has 0 bridgehead atoms. The van der Waals surface area contributed by atoms with Crippen molar-refractivity contribution in [3.05, 3.63) is 11.6 Å². The molecule has 0 aromatic carbocycles. The first-order valence-electron chi connectivity index (χ1n) is 4.42. The first kappa shape index (κ1) is 11.0. The highest BCUT2D eigenvalue weighted by Gasteiger charge is 2.20. The molecular weight excluding hydrogens is 206 g/mol. The van der Waals surface area contributed by atoms with Crippen LogP contribution in [0.25, 0.3) is 0 Å². The van der Waals surface area contributed by atoms with Gasteiger partial charge in [-0.2, -0.15) is 0 Å². The maximum atomic E-state index is 11.4. The van der Waals surface area contributed by atoms with E-state index in [9.17, 15) is 4.79 Å². The number of halogens is 1. The van der Waals surface area contributed by atoms with Crippen molar-refractivity contribution >= 4 is 17.6 Å². The molecule has 0 aliphatic carbocycles. The van der Waals surface area contributed by atoms with E-state index in [4.69, 9.17) is 16.3 Å². The lowest BCUT2D eigenvalue weighted by Gasteiger charge is -2.12. The van der Waals surface area contributed by atoms with Crippen molar-refractivity contribution in [3.8, 4) is 0 Å². The van der Waals surface area contributed by atoms with Crippen molar-refractivity contribution in [2.45, 2.75) is 26.3 Å². The summed E-state index contributed by atoms with van der Waals surface area (Å²) in [4.78, 5) is 15.2. The van der Waals surface area contributed by atoms with Crippen molar-refractivity contribution in [3.63, 3.8) is 0 Å². The number of nitrogens with zero attached hydrogens (tertiary/aromatic N) is 3. The maximum Gasteiger partial charge on any atom is 0.330 e. The van der Waals surface area contributed by atoms with Gasteiger partial charge in [0, 0.05) is 0 Å².